The van der Waals surface area contributed by atoms with Crippen LogP contribution < -0.4 is 10.9 Å². The monoisotopic (exact) mass is 519 g/mol. The van der Waals surface area contributed by atoms with Crippen LogP contribution >= 0.6 is 23.4 Å². The number of carbonyl (C=O) groups is 1. The predicted octanol–water partition coefficient (Wildman–Crippen LogP) is 6.63. The molecule has 1 aromatic heterocycles. The number of nitrogens with one attached hydrogen (secondary N) is 1. The number of benzene rings is 2. The lowest BCUT2D eigenvalue weighted by Crippen LogP contribution is -2.43. The highest BCUT2D eigenvalue weighted by atomic mass is 35.5. The number of carbonyl (C=O) groups excluding carboxylic acids is 1. The third kappa shape index (κ3) is 4.89. The van der Waals surface area contributed by atoms with Gasteiger partial charge in [0.25, 0.3) is 5.56 Å². The average Bonchev–Trinajstić information content (AvgIpc) is 2.86. The van der Waals surface area contributed by atoms with E-state index in [1.165, 1.54) is 23.7 Å². The number of anilines is 1. The van der Waals surface area contributed by atoms with Gasteiger partial charge >= 0.3 is 0 Å². The van der Waals surface area contributed by atoms with Crippen LogP contribution in [-0.2, 0) is 23.2 Å². The second-order valence-electron chi connectivity index (χ2n) is 9.99. The number of aromatic nitrogens is 2. The summed E-state index contributed by atoms with van der Waals surface area (Å²) in [7, 11) is 0. The number of fused-ring (bicyclic) bond motifs is 4. The van der Waals surface area contributed by atoms with E-state index in [4.69, 9.17) is 16.6 Å². The van der Waals surface area contributed by atoms with Gasteiger partial charge in [-0.2, -0.15) is 0 Å². The summed E-state index contributed by atoms with van der Waals surface area (Å²) in [6.45, 7) is 6.36. The molecule has 1 spiro atoms. The number of hydrogen-bond acceptors (Lipinski definition) is 4. The van der Waals surface area contributed by atoms with Gasteiger partial charge in [0.1, 0.15) is 0 Å². The fourth-order valence-corrected chi connectivity index (χ4v) is 6.52. The molecule has 2 aliphatic rings. The lowest BCUT2D eigenvalue weighted by Gasteiger charge is -2.42. The van der Waals surface area contributed by atoms with Gasteiger partial charge in [-0.3, -0.25) is 14.2 Å². The van der Waals surface area contributed by atoms with E-state index in [1.54, 1.807) is 28.8 Å². The van der Waals surface area contributed by atoms with Gasteiger partial charge in [-0.15, -0.1) is 0 Å². The van der Waals surface area contributed by atoms with Gasteiger partial charge in [-0.1, -0.05) is 79.0 Å². The molecule has 0 atom stereocenters. The zero-order valence-corrected chi connectivity index (χ0v) is 22.1. The average molecular weight is 520 g/mol. The first-order valence-corrected chi connectivity index (χ1v) is 13.8. The zero-order valence-electron chi connectivity index (χ0n) is 20.5. The molecule has 186 valence electrons. The van der Waals surface area contributed by atoms with Crippen LogP contribution in [0.3, 0.4) is 0 Å². The van der Waals surface area contributed by atoms with Crippen LogP contribution in [0.2, 0.25) is 5.02 Å². The van der Waals surface area contributed by atoms with Crippen LogP contribution in [0.15, 0.2) is 70.6 Å². The molecular weight excluding hydrogens is 490 g/mol. The molecule has 1 saturated carbocycles. The van der Waals surface area contributed by atoms with Crippen molar-refractivity contribution in [3.8, 4) is 11.3 Å². The molecule has 0 unspecified atom stereocenters. The van der Waals surface area contributed by atoms with Crippen molar-refractivity contribution in [2.45, 2.75) is 62.6 Å². The first-order chi connectivity index (χ1) is 17.4. The SMILES string of the molecule is C=C(C)Cn1c(SCC(=O)Nc2ccc(Cl)cc2)nc2c(c1=O)C1(CCCCC1)Cc1ccccc1-2. The van der Waals surface area contributed by atoms with Gasteiger partial charge < -0.3 is 5.32 Å². The molecule has 0 aliphatic heterocycles. The Bertz CT molecular complexity index is 1370. The second-order valence-corrected chi connectivity index (χ2v) is 11.4. The number of amides is 1. The number of halogens is 1. The van der Waals surface area contributed by atoms with Gasteiger partial charge in [0, 0.05) is 28.2 Å². The van der Waals surface area contributed by atoms with Gasteiger partial charge in [0.2, 0.25) is 5.91 Å². The molecule has 3 aromatic rings. The normalized spacial score (nSPS) is 15.7. The quantitative estimate of drug-likeness (QED) is 0.225. The van der Waals surface area contributed by atoms with Crippen molar-refractivity contribution in [1.82, 2.24) is 9.55 Å². The molecule has 2 aliphatic carbocycles. The Balaban J connectivity index is 1.54. The maximum absolute atomic E-state index is 14.2. The van der Waals surface area contributed by atoms with Crippen molar-refractivity contribution in [3.05, 3.63) is 87.2 Å². The summed E-state index contributed by atoms with van der Waals surface area (Å²) in [5.74, 6) is -0.0306. The summed E-state index contributed by atoms with van der Waals surface area (Å²) in [5.41, 5.74) is 5.34. The Morgan fingerprint density at radius 3 is 2.58 bits per heavy atom. The summed E-state index contributed by atoms with van der Waals surface area (Å²) in [6, 6.07) is 15.3. The highest BCUT2D eigenvalue weighted by molar-refractivity contribution is 7.99. The molecule has 0 radical (unpaired) electrons. The molecule has 1 fully saturated rings. The predicted molar refractivity (Wildman–Crippen MR) is 148 cm³/mol. The molecule has 1 N–H and O–H groups in total. The third-order valence-corrected chi connectivity index (χ3v) is 8.39. The van der Waals surface area contributed by atoms with Crippen molar-refractivity contribution in [2.24, 2.45) is 0 Å². The third-order valence-electron chi connectivity index (χ3n) is 7.16. The first-order valence-electron chi connectivity index (χ1n) is 12.4. The summed E-state index contributed by atoms with van der Waals surface area (Å²) < 4.78 is 1.73. The van der Waals surface area contributed by atoms with Crippen LogP contribution in [0, 0.1) is 0 Å². The molecule has 1 amide bonds. The molecule has 5 rings (SSSR count). The summed E-state index contributed by atoms with van der Waals surface area (Å²) in [5, 5.41) is 4.05. The molecule has 7 heteroatoms. The van der Waals surface area contributed by atoms with Crippen LogP contribution in [0.1, 0.15) is 50.2 Å². The number of hydrogen-bond donors (Lipinski definition) is 1. The minimum atomic E-state index is -0.169. The van der Waals surface area contributed by atoms with Crippen molar-refractivity contribution in [1.29, 1.82) is 0 Å². The number of nitrogens with zero attached hydrogens (tertiary/aromatic N) is 2. The molecule has 36 heavy (non-hydrogen) atoms. The van der Waals surface area contributed by atoms with Gasteiger partial charge in [0.05, 0.1) is 17.0 Å². The highest BCUT2D eigenvalue weighted by Crippen LogP contribution is 2.48. The van der Waals surface area contributed by atoms with E-state index in [9.17, 15) is 9.59 Å². The maximum Gasteiger partial charge on any atom is 0.258 e. The maximum atomic E-state index is 14.2. The molecule has 0 saturated heterocycles. The molecule has 0 bridgehead atoms. The number of thioether (sulfide) groups is 1. The van der Waals surface area contributed by atoms with E-state index in [0.717, 1.165) is 54.5 Å². The lowest BCUT2D eigenvalue weighted by molar-refractivity contribution is -0.113. The van der Waals surface area contributed by atoms with E-state index >= 15 is 0 Å². The second kappa shape index (κ2) is 10.3. The van der Waals surface area contributed by atoms with Crippen LogP contribution in [0.5, 0.6) is 0 Å². The van der Waals surface area contributed by atoms with Crippen LogP contribution in [0.4, 0.5) is 5.69 Å². The van der Waals surface area contributed by atoms with E-state index in [1.807, 2.05) is 13.0 Å². The van der Waals surface area contributed by atoms with E-state index < -0.39 is 0 Å². The fraction of sp³-hybridized carbons (Fsp3) is 0.345. The smallest absolute Gasteiger partial charge is 0.258 e. The fourth-order valence-electron chi connectivity index (χ4n) is 5.60. The molecule has 1 heterocycles. The summed E-state index contributed by atoms with van der Waals surface area (Å²) >= 11 is 7.24. The van der Waals surface area contributed by atoms with Crippen molar-refractivity contribution < 1.29 is 4.79 Å². The van der Waals surface area contributed by atoms with E-state index in [2.05, 4.69) is 30.1 Å². The van der Waals surface area contributed by atoms with Crippen molar-refractivity contribution in [3.63, 3.8) is 0 Å². The van der Waals surface area contributed by atoms with Gasteiger partial charge in [-0.25, -0.2) is 4.98 Å². The summed E-state index contributed by atoms with van der Waals surface area (Å²) in [4.78, 5) is 32.0. The van der Waals surface area contributed by atoms with Crippen LogP contribution in [-0.4, -0.2) is 21.2 Å². The Labute approximate surface area is 221 Å². The minimum Gasteiger partial charge on any atom is -0.325 e. The topological polar surface area (TPSA) is 64.0 Å². The first kappa shape index (κ1) is 24.8. The Kier molecular flexibility index (Phi) is 7.09. The Morgan fingerprint density at radius 1 is 1.14 bits per heavy atom. The molecule has 5 nitrogen and oxygen atoms in total. The standard InChI is InChI=1S/C29H30ClN3O2S/c1-19(2)17-33-27(35)25-26(23-9-5-4-8-20(23)16-29(25)14-6-3-7-15-29)32-28(33)36-18-24(34)31-22-12-10-21(30)11-13-22/h4-5,8-13H,1,3,6-7,14-18H2,2H3,(H,31,34). The highest BCUT2D eigenvalue weighted by Gasteiger charge is 2.43. The van der Waals surface area contributed by atoms with E-state index in [0.29, 0.717) is 22.4 Å². The van der Waals surface area contributed by atoms with Gasteiger partial charge in [-0.05, 0) is 56.0 Å². The van der Waals surface area contributed by atoms with Crippen LogP contribution in [0.25, 0.3) is 11.3 Å². The number of rotatable bonds is 6. The Morgan fingerprint density at radius 2 is 1.86 bits per heavy atom. The summed E-state index contributed by atoms with van der Waals surface area (Å²) in [6.07, 6.45) is 6.37. The van der Waals surface area contributed by atoms with Crippen molar-refractivity contribution in [2.75, 3.05) is 11.1 Å². The zero-order chi connectivity index (χ0) is 25.3. The molecular formula is C29H30ClN3O2S. The lowest BCUT2D eigenvalue weighted by atomic mass is 9.62. The molecule has 2 aromatic carbocycles. The Hall–Kier alpha value is -2.83. The van der Waals surface area contributed by atoms with E-state index in [-0.39, 0.29) is 22.6 Å². The minimum absolute atomic E-state index is 0.0139. The van der Waals surface area contributed by atoms with Gasteiger partial charge in [0.15, 0.2) is 5.16 Å². The van der Waals surface area contributed by atoms with Crippen molar-refractivity contribution >= 4 is 35.0 Å². The largest absolute Gasteiger partial charge is 0.325 e. The number of allylic oxidation sites excluding steroid dienone is 1.